The summed E-state index contributed by atoms with van der Waals surface area (Å²) in [5.41, 5.74) is 4.28. The summed E-state index contributed by atoms with van der Waals surface area (Å²) < 4.78 is 5.96. The normalized spacial score (nSPS) is 22.6. The maximum Gasteiger partial charge on any atom is 0.338 e. The lowest BCUT2D eigenvalue weighted by Gasteiger charge is -2.36. The lowest BCUT2D eigenvalue weighted by Crippen LogP contribution is -2.35. The van der Waals surface area contributed by atoms with Gasteiger partial charge in [-0.15, -0.1) is 0 Å². The second-order valence-electron chi connectivity index (χ2n) is 8.40. The minimum absolute atomic E-state index is 0.0440. The van der Waals surface area contributed by atoms with Gasteiger partial charge < -0.3 is 4.74 Å². The van der Waals surface area contributed by atoms with E-state index in [0.29, 0.717) is 23.3 Å². The first-order chi connectivity index (χ1) is 13.0. The Kier molecular flexibility index (Phi) is 6.36. The number of hydrogen-bond acceptors (Lipinski definition) is 2. The van der Waals surface area contributed by atoms with Crippen LogP contribution in [0.1, 0.15) is 62.9 Å². The largest absolute Gasteiger partial charge is 0.458 e. The van der Waals surface area contributed by atoms with E-state index in [-0.39, 0.29) is 12.1 Å². The van der Waals surface area contributed by atoms with Crippen molar-refractivity contribution in [2.24, 2.45) is 17.8 Å². The Balaban J connectivity index is 1.69. The molecule has 0 spiro atoms. The van der Waals surface area contributed by atoms with Gasteiger partial charge >= 0.3 is 5.97 Å². The third-order valence-corrected chi connectivity index (χ3v) is 6.04. The van der Waals surface area contributed by atoms with Crippen LogP contribution < -0.4 is 0 Å². The summed E-state index contributed by atoms with van der Waals surface area (Å²) in [7, 11) is 0. The number of hydrogen-bond donors (Lipinski definition) is 0. The van der Waals surface area contributed by atoms with Gasteiger partial charge in [-0.05, 0) is 65.8 Å². The number of benzene rings is 2. The van der Waals surface area contributed by atoms with Gasteiger partial charge in [-0.25, -0.2) is 4.79 Å². The molecule has 3 atom stereocenters. The molecule has 0 N–H and O–H groups in total. The third-order valence-electron chi connectivity index (χ3n) is 6.04. The van der Waals surface area contributed by atoms with E-state index in [2.05, 4.69) is 52.0 Å². The second-order valence-corrected chi connectivity index (χ2v) is 8.40. The molecule has 1 saturated carbocycles. The van der Waals surface area contributed by atoms with Crippen molar-refractivity contribution in [1.29, 1.82) is 0 Å². The fourth-order valence-corrected chi connectivity index (χ4v) is 4.19. The van der Waals surface area contributed by atoms with Crippen LogP contribution >= 0.6 is 0 Å². The topological polar surface area (TPSA) is 26.3 Å². The molecule has 3 rings (SSSR count). The molecule has 1 aliphatic carbocycles. The number of rotatable bonds is 5. The van der Waals surface area contributed by atoms with Crippen LogP contribution in [0.4, 0.5) is 0 Å². The molecule has 0 saturated heterocycles. The zero-order chi connectivity index (χ0) is 19.4. The Bertz CT molecular complexity index is 743. The average molecular weight is 365 g/mol. The molecular formula is C25H32O2. The fourth-order valence-electron chi connectivity index (χ4n) is 4.19. The van der Waals surface area contributed by atoms with E-state index in [1.165, 1.54) is 17.5 Å². The van der Waals surface area contributed by atoms with Crippen LogP contribution in [0.15, 0.2) is 48.5 Å². The van der Waals surface area contributed by atoms with Crippen LogP contribution in [0.25, 0.3) is 11.1 Å². The molecule has 0 aliphatic heterocycles. The van der Waals surface area contributed by atoms with Crippen molar-refractivity contribution >= 4 is 5.97 Å². The van der Waals surface area contributed by atoms with E-state index >= 15 is 0 Å². The summed E-state index contributed by atoms with van der Waals surface area (Å²) in [6.07, 6.45) is 4.47. The first-order valence-corrected chi connectivity index (χ1v) is 10.4. The van der Waals surface area contributed by atoms with Crippen molar-refractivity contribution in [1.82, 2.24) is 0 Å². The van der Waals surface area contributed by atoms with E-state index in [1.54, 1.807) is 0 Å². The number of esters is 1. The molecule has 2 aromatic rings. The Labute approximate surface area is 164 Å². The van der Waals surface area contributed by atoms with Gasteiger partial charge in [0.25, 0.3) is 0 Å². The summed E-state index contributed by atoms with van der Waals surface area (Å²) >= 11 is 0. The Morgan fingerprint density at radius 2 is 1.59 bits per heavy atom. The van der Waals surface area contributed by atoms with Crippen LogP contribution in [-0.2, 0) is 11.2 Å². The van der Waals surface area contributed by atoms with Crippen molar-refractivity contribution < 1.29 is 9.53 Å². The highest BCUT2D eigenvalue weighted by molar-refractivity contribution is 5.90. The monoisotopic (exact) mass is 364 g/mol. The summed E-state index contributed by atoms with van der Waals surface area (Å²) in [4.78, 5) is 12.7. The van der Waals surface area contributed by atoms with Crippen molar-refractivity contribution in [3.05, 3.63) is 59.7 Å². The number of ether oxygens (including phenoxy) is 1. The molecule has 0 amide bonds. The quantitative estimate of drug-likeness (QED) is 0.564. The predicted octanol–water partition coefficient (Wildman–Crippen LogP) is 6.53. The minimum atomic E-state index is -0.187. The summed E-state index contributed by atoms with van der Waals surface area (Å²) in [5.74, 6) is 1.46. The predicted molar refractivity (Wildman–Crippen MR) is 112 cm³/mol. The zero-order valence-corrected chi connectivity index (χ0v) is 17.1. The number of carbonyl (C=O) groups excluding carboxylic acids is 1. The molecule has 1 unspecified atom stereocenters. The summed E-state index contributed by atoms with van der Waals surface area (Å²) in [5, 5.41) is 0. The molecule has 0 radical (unpaired) electrons. The lowest BCUT2D eigenvalue weighted by atomic mass is 9.75. The fraction of sp³-hybridized carbons (Fsp3) is 0.480. The van der Waals surface area contributed by atoms with Gasteiger partial charge in [0.2, 0.25) is 0 Å². The van der Waals surface area contributed by atoms with Gasteiger partial charge in [-0.1, -0.05) is 70.5 Å². The van der Waals surface area contributed by atoms with Crippen LogP contribution in [0.2, 0.25) is 0 Å². The van der Waals surface area contributed by atoms with Gasteiger partial charge in [0.1, 0.15) is 6.10 Å². The van der Waals surface area contributed by atoms with E-state index < -0.39 is 0 Å². The van der Waals surface area contributed by atoms with Crippen LogP contribution in [0, 0.1) is 17.8 Å². The zero-order valence-electron chi connectivity index (χ0n) is 17.1. The maximum absolute atomic E-state index is 12.7. The molecule has 2 heteroatoms. The minimum Gasteiger partial charge on any atom is -0.458 e. The highest BCUT2D eigenvalue weighted by Gasteiger charge is 2.33. The Hall–Kier alpha value is -2.09. The molecule has 0 aromatic heterocycles. The van der Waals surface area contributed by atoms with Gasteiger partial charge in [-0.2, -0.15) is 0 Å². The Morgan fingerprint density at radius 3 is 2.15 bits per heavy atom. The van der Waals surface area contributed by atoms with Gasteiger partial charge in [0, 0.05) is 0 Å². The highest BCUT2D eigenvalue weighted by Crippen LogP contribution is 2.35. The average Bonchev–Trinajstić information content (AvgIpc) is 2.68. The van der Waals surface area contributed by atoms with Crippen molar-refractivity contribution in [2.75, 3.05) is 0 Å². The first-order valence-electron chi connectivity index (χ1n) is 10.4. The molecule has 1 aliphatic rings. The van der Waals surface area contributed by atoms with Gasteiger partial charge in [-0.3, -0.25) is 0 Å². The van der Waals surface area contributed by atoms with E-state index in [0.717, 1.165) is 24.8 Å². The smallest absolute Gasteiger partial charge is 0.338 e. The highest BCUT2D eigenvalue weighted by atomic mass is 16.5. The molecule has 144 valence electrons. The number of aryl methyl sites for hydroxylation is 1. The molecular weight excluding hydrogens is 332 g/mol. The van der Waals surface area contributed by atoms with Crippen molar-refractivity contribution in [2.45, 2.75) is 59.5 Å². The molecule has 2 aromatic carbocycles. The molecule has 27 heavy (non-hydrogen) atoms. The molecule has 0 bridgehead atoms. The Morgan fingerprint density at radius 1 is 1.00 bits per heavy atom. The number of carbonyl (C=O) groups is 1. The SMILES string of the molecule is CCc1ccc(-c2ccc(C(=O)OC3C[C@@H](C)CC[C@@H]3C(C)C)cc2)cc1. The van der Waals surface area contributed by atoms with Crippen molar-refractivity contribution in [3.8, 4) is 11.1 Å². The van der Waals surface area contributed by atoms with Crippen LogP contribution in [-0.4, -0.2) is 12.1 Å². The van der Waals surface area contributed by atoms with Crippen LogP contribution in [0.5, 0.6) is 0 Å². The summed E-state index contributed by atoms with van der Waals surface area (Å²) in [6, 6.07) is 16.4. The van der Waals surface area contributed by atoms with E-state index in [1.807, 2.05) is 24.3 Å². The standard InChI is InChI=1S/C25H32O2/c1-5-19-7-9-20(10-8-19)21-11-13-22(14-12-21)25(26)27-24-16-18(4)6-15-23(24)17(2)3/h7-14,17-18,23-24H,5-6,15-16H2,1-4H3/t18-,23+,24?/m0/s1. The van der Waals surface area contributed by atoms with Gasteiger partial charge in [0.05, 0.1) is 5.56 Å². The van der Waals surface area contributed by atoms with Crippen LogP contribution in [0.3, 0.4) is 0 Å². The lowest BCUT2D eigenvalue weighted by molar-refractivity contribution is -0.0174. The van der Waals surface area contributed by atoms with E-state index in [4.69, 9.17) is 4.74 Å². The molecule has 1 fully saturated rings. The van der Waals surface area contributed by atoms with Crippen molar-refractivity contribution in [3.63, 3.8) is 0 Å². The summed E-state index contributed by atoms with van der Waals surface area (Å²) in [6.45, 7) is 8.89. The molecule has 2 nitrogen and oxygen atoms in total. The molecule has 0 heterocycles. The second kappa shape index (κ2) is 8.73. The van der Waals surface area contributed by atoms with Gasteiger partial charge in [0.15, 0.2) is 0 Å². The third kappa shape index (κ3) is 4.80. The van der Waals surface area contributed by atoms with E-state index in [9.17, 15) is 4.79 Å². The first kappa shape index (κ1) is 19.7. The maximum atomic E-state index is 12.7.